The monoisotopic (exact) mass is 271 g/mol. The number of amides is 1. The fourth-order valence-corrected chi connectivity index (χ4v) is 2.06. The third-order valence-electron chi connectivity index (χ3n) is 3.10. The van der Waals surface area contributed by atoms with Crippen LogP contribution in [-0.2, 0) is 17.8 Å². The van der Waals surface area contributed by atoms with Gasteiger partial charge in [-0.3, -0.25) is 4.79 Å². The fourth-order valence-electron chi connectivity index (χ4n) is 2.06. The smallest absolute Gasteiger partial charge is 0.220 e. The minimum atomic E-state index is -0.261. The summed E-state index contributed by atoms with van der Waals surface area (Å²) in [4.78, 5) is 11.8. The first-order valence-electron chi connectivity index (χ1n) is 6.70. The highest BCUT2D eigenvalue weighted by atomic mass is 19.1. The molecule has 0 aliphatic rings. The first kappa shape index (κ1) is 14.3. The molecule has 0 atom stereocenters. The van der Waals surface area contributed by atoms with Gasteiger partial charge < -0.3 is 5.32 Å². The van der Waals surface area contributed by atoms with Crippen molar-refractivity contribution in [1.29, 1.82) is 0 Å². The largest absolute Gasteiger partial charge is 0.352 e. The van der Waals surface area contributed by atoms with E-state index >= 15 is 0 Å². The quantitative estimate of drug-likeness (QED) is 0.887. The number of rotatable bonds is 5. The van der Waals surface area contributed by atoms with E-state index < -0.39 is 0 Å². The number of carbonyl (C=O) groups excluding carboxylic acids is 1. The first-order valence-corrected chi connectivity index (χ1v) is 6.70. The maximum Gasteiger partial charge on any atom is 0.220 e. The Bertz CT molecular complexity index is 544. The van der Waals surface area contributed by atoms with Crippen LogP contribution in [0, 0.1) is 12.7 Å². The second kappa shape index (κ2) is 6.85. The molecule has 104 valence electrons. The van der Waals surface area contributed by atoms with Gasteiger partial charge in [-0.2, -0.15) is 0 Å². The van der Waals surface area contributed by atoms with E-state index in [9.17, 15) is 9.18 Å². The van der Waals surface area contributed by atoms with Crippen molar-refractivity contribution in [3.05, 3.63) is 71.0 Å². The van der Waals surface area contributed by atoms with E-state index in [1.807, 2.05) is 37.3 Å². The van der Waals surface area contributed by atoms with Crippen molar-refractivity contribution in [2.75, 3.05) is 0 Å². The average Bonchev–Trinajstić information content (AvgIpc) is 2.43. The normalized spacial score (nSPS) is 10.3. The summed E-state index contributed by atoms with van der Waals surface area (Å²) in [5.74, 6) is -0.279. The van der Waals surface area contributed by atoms with E-state index in [1.165, 1.54) is 17.7 Å². The summed E-state index contributed by atoms with van der Waals surface area (Å²) in [5.41, 5.74) is 3.11. The molecule has 1 N–H and O–H groups in total. The number of aryl methyl sites for hydroxylation is 2. The van der Waals surface area contributed by atoms with Crippen LogP contribution in [0.2, 0.25) is 0 Å². The van der Waals surface area contributed by atoms with Crippen LogP contribution in [0.4, 0.5) is 4.39 Å². The van der Waals surface area contributed by atoms with E-state index in [0.717, 1.165) is 11.1 Å². The number of hydrogen-bond donors (Lipinski definition) is 1. The summed E-state index contributed by atoms with van der Waals surface area (Å²) in [7, 11) is 0. The van der Waals surface area contributed by atoms with Gasteiger partial charge in [0, 0.05) is 13.0 Å². The molecule has 0 spiro atoms. The molecule has 0 aliphatic carbocycles. The number of carbonyl (C=O) groups is 1. The third-order valence-corrected chi connectivity index (χ3v) is 3.10. The summed E-state index contributed by atoms with van der Waals surface area (Å²) in [6.07, 6.45) is 0.923. The second-order valence-corrected chi connectivity index (χ2v) is 4.90. The zero-order chi connectivity index (χ0) is 14.4. The molecule has 3 heteroatoms. The van der Waals surface area contributed by atoms with Crippen molar-refractivity contribution < 1.29 is 9.18 Å². The lowest BCUT2D eigenvalue weighted by atomic mass is 10.1. The van der Waals surface area contributed by atoms with Gasteiger partial charge in [0.15, 0.2) is 0 Å². The Hall–Kier alpha value is -2.16. The molecule has 1 amide bonds. The lowest BCUT2D eigenvalue weighted by molar-refractivity contribution is -0.121. The Balaban J connectivity index is 1.78. The predicted octanol–water partition coefficient (Wildman–Crippen LogP) is 3.38. The van der Waals surface area contributed by atoms with Gasteiger partial charge in [-0.1, -0.05) is 42.0 Å². The minimum Gasteiger partial charge on any atom is -0.352 e. The highest BCUT2D eigenvalue weighted by molar-refractivity contribution is 5.76. The summed E-state index contributed by atoms with van der Waals surface area (Å²) < 4.78 is 13.0. The fraction of sp³-hybridized carbons (Fsp3) is 0.235. The number of benzene rings is 2. The highest BCUT2D eigenvalue weighted by Gasteiger charge is 2.03. The molecule has 0 saturated carbocycles. The topological polar surface area (TPSA) is 29.1 Å². The van der Waals surface area contributed by atoms with Crippen molar-refractivity contribution in [1.82, 2.24) is 5.32 Å². The Labute approximate surface area is 118 Å². The molecule has 2 rings (SSSR count). The number of halogens is 1. The Morgan fingerprint density at radius 1 is 1.10 bits per heavy atom. The van der Waals surface area contributed by atoms with Crippen LogP contribution in [0.3, 0.4) is 0 Å². The van der Waals surface area contributed by atoms with E-state index in [4.69, 9.17) is 0 Å². The summed E-state index contributed by atoms with van der Waals surface area (Å²) in [5, 5.41) is 2.88. The van der Waals surface area contributed by atoms with Crippen LogP contribution in [0.15, 0.2) is 48.5 Å². The highest BCUT2D eigenvalue weighted by Crippen LogP contribution is 2.07. The molecule has 20 heavy (non-hydrogen) atoms. The van der Waals surface area contributed by atoms with Gasteiger partial charge >= 0.3 is 0 Å². The van der Waals surface area contributed by atoms with Crippen LogP contribution in [0.1, 0.15) is 23.1 Å². The molecule has 0 aromatic heterocycles. The van der Waals surface area contributed by atoms with Crippen LogP contribution >= 0.6 is 0 Å². The van der Waals surface area contributed by atoms with Crippen LogP contribution in [-0.4, -0.2) is 5.91 Å². The Kier molecular flexibility index (Phi) is 4.88. The van der Waals surface area contributed by atoms with Crippen molar-refractivity contribution in [3.63, 3.8) is 0 Å². The Morgan fingerprint density at radius 2 is 1.85 bits per heavy atom. The maximum absolute atomic E-state index is 13.0. The first-order chi connectivity index (χ1) is 9.63. The third kappa shape index (κ3) is 4.50. The summed E-state index contributed by atoms with van der Waals surface area (Å²) in [6.45, 7) is 2.55. The summed E-state index contributed by atoms with van der Waals surface area (Å²) in [6, 6.07) is 14.4. The molecular formula is C17H18FNO. The molecule has 0 radical (unpaired) electrons. The van der Waals surface area contributed by atoms with Crippen molar-refractivity contribution in [2.45, 2.75) is 26.3 Å². The van der Waals surface area contributed by atoms with Gasteiger partial charge in [-0.25, -0.2) is 4.39 Å². The van der Waals surface area contributed by atoms with Gasteiger partial charge in [-0.15, -0.1) is 0 Å². The van der Waals surface area contributed by atoms with E-state index in [1.54, 1.807) is 6.07 Å². The van der Waals surface area contributed by atoms with Gasteiger partial charge in [0.05, 0.1) is 0 Å². The molecule has 0 fully saturated rings. The molecular weight excluding hydrogens is 253 g/mol. The number of nitrogens with one attached hydrogen (secondary N) is 1. The lowest BCUT2D eigenvalue weighted by Gasteiger charge is -2.06. The zero-order valence-electron chi connectivity index (χ0n) is 11.5. The van der Waals surface area contributed by atoms with E-state index in [-0.39, 0.29) is 11.7 Å². The minimum absolute atomic E-state index is 0.0178. The van der Waals surface area contributed by atoms with Crippen molar-refractivity contribution in [2.24, 2.45) is 0 Å². The van der Waals surface area contributed by atoms with Crippen molar-refractivity contribution in [3.8, 4) is 0 Å². The molecule has 0 unspecified atom stereocenters. The SMILES string of the molecule is Cc1cccc(CNC(=O)CCc2cccc(F)c2)c1. The van der Waals surface area contributed by atoms with Crippen molar-refractivity contribution >= 4 is 5.91 Å². The maximum atomic E-state index is 13.0. The van der Waals surface area contributed by atoms with Crippen LogP contribution in [0.25, 0.3) is 0 Å². The second-order valence-electron chi connectivity index (χ2n) is 4.90. The molecule has 0 saturated heterocycles. The van der Waals surface area contributed by atoms with Gasteiger partial charge in [-0.05, 0) is 36.6 Å². The number of hydrogen-bond acceptors (Lipinski definition) is 1. The van der Waals surface area contributed by atoms with Crippen LogP contribution < -0.4 is 5.32 Å². The summed E-state index contributed by atoms with van der Waals surface area (Å²) >= 11 is 0. The molecule has 0 aliphatic heterocycles. The molecule has 2 aromatic rings. The van der Waals surface area contributed by atoms with Gasteiger partial charge in [0.2, 0.25) is 5.91 Å². The lowest BCUT2D eigenvalue weighted by Crippen LogP contribution is -2.23. The standard InChI is InChI=1S/C17H18FNO/c1-13-4-2-6-15(10-13)12-19-17(20)9-8-14-5-3-7-16(18)11-14/h2-7,10-11H,8-9,12H2,1H3,(H,19,20). The van der Waals surface area contributed by atoms with Crippen LogP contribution in [0.5, 0.6) is 0 Å². The molecule has 0 heterocycles. The van der Waals surface area contributed by atoms with Gasteiger partial charge in [0.1, 0.15) is 5.82 Å². The molecule has 0 bridgehead atoms. The molecule has 2 aromatic carbocycles. The zero-order valence-corrected chi connectivity index (χ0v) is 11.5. The van der Waals surface area contributed by atoms with Gasteiger partial charge in [0.25, 0.3) is 0 Å². The Morgan fingerprint density at radius 3 is 2.60 bits per heavy atom. The average molecular weight is 271 g/mol. The van der Waals surface area contributed by atoms with E-state index in [0.29, 0.717) is 19.4 Å². The van der Waals surface area contributed by atoms with E-state index in [2.05, 4.69) is 5.32 Å². The molecule has 2 nitrogen and oxygen atoms in total. The predicted molar refractivity (Wildman–Crippen MR) is 77.7 cm³/mol.